The fourth-order valence-corrected chi connectivity index (χ4v) is 2.27. The molecule has 0 aromatic carbocycles. The molecule has 0 radical (unpaired) electrons. The van der Waals surface area contributed by atoms with E-state index < -0.39 is 5.97 Å². The number of carbonyl (C=O) groups excluding carboxylic acids is 1. The summed E-state index contributed by atoms with van der Waals surface area (Å²) >= 11 is 0. The van der Waals surface area contributed by atoms with E-state index in [1.165, 1.54) is 0 Å². The van der Waals surface area contributed by atoms with Gasteiger partial charge in [-0.1, -0.05) is 0 Å². The number of aliphatic carboxylic acids is 1. The highest BCUT2D eigenvalue weighted by Gasteiger charge is 2.20. The highest BCUT2D eigenvalue weighted by molar-refractivity contribution is 5.74. The molecule has 0 unspecified atom stereocenters. The number of imidazole rings is 1. The first kappa shape index (κ1) is 15.3. The van der Waals surface area contributed by atoms with Crippen molar-refractivity contribution in [2.24, 2.45) is 0 Å². The third-order valence-electron chi connectivity index (χ3n) is 3.53. The fourth-order valence-electron chi connectivity index (χ4n) is 2.27. The number of rotatable bonds is 6. The lowest BCUT2D eigenvalue weighted by molar-refractivity contribution is -0.137. The molecule has 8 nitrogen and oxygen atoms in total. The summed E-state index contributed by atoms with van der Waals surface area (Å²) in [4.78, 5) is 33.2. The minimum absolute atomic E-state index is 0.0626. The van der Waals surface area contributed by atoms with Gasteiger partial charge in [-0.25, -0.2) is 9.78 Å². The Morgan fingerprint density at radius 1 is 1.33 bits per heavy atom. The molecule has 0 aliphatic carbocycles. The van der Waals surface area contributed by atoms with Crippen molar-refractivity contribution in [3.05, 3.63) is 18.2 Å². The van der Waals surface area contributed by atoms with Crippen LogP contribution in [0.15, 0.2) is 12.5 Å². The van der Waals surface area contributed by atoms with Crippen molar-refractivity contribution in [3.63, 3.8) is 0 Å². The molecule has 0 atom stereocenters. The molecule has 1 fully saturated rings. The van der Waals surface area contributed by atoms with Crippen LogP contribution in [0.1, 0.15) is 12.1 Å². The van der Waals surface area contributed by atoms with Gasteiger partial charge < -0.3 is 20.3 Å². The molecule has 2 rings (SSSR count). The van der Waals surface area contributed by atoms with Gasteiger partial charge >= 0.3 is 12.0 Å². The molecule has 2 amide bonds. The van der Waals surface area contributed by atoms with Gasteiger partial charge in [0.15, 0.2) is 0 Å². The number of hydrogen-bond acceptors (Lipinski definition) is 4. The molecule has 1 aliphatic rings. The first-order valence-corrected chi connectivity index (χ1v) is 7.09. The van der Waals surface area contributed by atoms with Crippen LogP contribution in [0.5, 0.6) is 0 Å². The second-order valence-corrected chi connectivity index (χ2v) is 5.03. The molecule has 8 heteroatoms. The summed E-state index contributed by atoms with van der Waals surface area (Å²) < 4.78 is 0. The van der Waals surface area contributed by atoms with Crippen LogP contribution in [0.2, 0.25) is 0 Å². The Bertz CT molecular complexity index is 454. The van der Waals surface area contributed by atoms with Crippen LogP contribution in [-0.4, -0.2) is 76.1 Å². The van der Waals surface area contributed by atoms with Crippen LogP contribution >= 0.6 is 0 Å². The Balaban J connectivity index is 1.62. The number of amides is 2. The van der Waals surface area contributed by atoms with Crippen LogP contribution in [0.4, 0.5) is 4.79 Å². The quantitative estimate of drug-likeness (QED) is 0.672. The Morgan fingerprint density at radius 2 is 2.10 bits per heavy atom. The molecule has 0 bridgehead atoms. The number of carboxylic acids is 1. The molecule has 2 heterocycles. The second-order valence-electron chi connectivity index (χ2n) is 5.03. The van der Waals surface area contributed by atoms with E-state index in [-0.39, 0.29) is 12.5 Å². The summed E-state index contributed by atoms with van der Waals surface area (Å²) in [5, 5.41) is 11.5. The molecule has 0 saturated carbocycles. The molecule has 116 valence electrons. The van der Waals surface area contributed by atoms with Crippen molar-refractivity contribution < 1.29 is 14.7 Å². The predicted octanol–water partition coefficient (Wildman–Crippen LogP) is -0.246. The smallest absolute Gasteiger partial charge is 0.317 e. The van der Waals surface area contributed by atoms with E-state index in [4.69, 9.17) is 5.11 Å². The highest BCUT2D eigenvalue weighted by Crippen LogP contribution is 2.03. The molecule has 21 heavy (non-hydrogen) atoms. The monoisotopic (exact) mass is 295 g/mol. The molecule has 0 spiro atoms. The number of nitrogens with one attached hydrogen (secondary N) is 2. The van der Waals surface area contributed by atoms with Crippen molar-refractivity contribution in [1.29, 1.82) is 0 Å². The van der Waals surface area contributed by atoms with Gasteiger partial charge in [0.25, 0.3) is 0 Å². The van der Waals surface area contributed by atoms with E-state index in [1.807, 2.05) is 0 Å². The van der Waals surface area contributed by atoms with Crippen LogP contribution in [0.3, 0.4) is 0 Å². The summed E-state index contributed by atoms with van der Waals surface area (Å²) in [6, 6.07) is -0.0626. The fraction of sp³-hybridized carbons (Fsp3) is 0.615. The summed E-state index contributed by atoms with van der Waals surface area (Å²) in [6.07, 6.45) is 4.24. The number of hydrogen-bond donors (Lipinski definition) is 3. The molecule has 3 N–H and O–H groups in total. The second kappa shape index (κ2) is 7.63. The van der Waals surface area contributed by atoms with Crippen LogP contribution in [0.25, 0.3) is 0 Å². The van der Waals surface area contributed by atoms with Gasteiger partial charge in [0.1, 0.15) is 0 Å². The molecular formula is C13H21N5O3. The predicted molar refractivity (Wildman–Crippen MR) is 76.0 cm³/mol. The number of aromatic amines is 1. The van der Waals surface area contributed by atoms with E-state index in [1.54, 1.807) is 17.4 Å². The largest absolute Gasteiger partial charge is 0.481 e. The first-order chi connectivity index (χ1) is 10.1. The van der Waals surface area contributed by atoms with Gasteiger partial charge in [0, 0.05) is 57.6 Å². The summed E-state index contributed by atoms with van der Waals surface area (Å²) in [5.74, 6) is -0.783. The summed E-state index contributed by atoms with van der Waals surface area (Å²) in [7, 11) is 0. The number of aromatic nitrogens is 2. The Labute approximate surface area is 123 Å². The van der Waals surface area contributed by atoms with Gasteiger partial charge in [0.2, 0.25) is 0 Å². The molecule has 1 aromatic rings. The lowest BCUT2D eigenvalue weighted by Gasteiger charge is -2.34. The molecular weight excluding hydrogens is 274 g/mol. The van der Waals surface area contributed by atoms with E-state index in [0.717, 1.165) is 25.2 Å². The Kier molecular flexibility index (Phi) is 5.56. The average molecular weight is 295 g/mol. The third kappa shape index (κ3) is 5.07. The Morgan fingerprint density at radius 3 is 2.71 bits per heavy atom. The van der Waals surface area contributed by atoms with Crippen molar-refractivity contribution in [2.45, 2.75) is 12.8 Å². The first-order valence-electron chi connectivity index (χ1n) is 7.09. The SMILES string of the molecule is O=C(O)CCN1CCN(C(=O)NCCc2cnc[nH]2)CC1. The minimum Gasteiger partial charge on any atom is -0.481 e. The van der Waals surface area contributed by atoms with E-state index in [2.05, 4.69) is 20.2 Å². The zero-order chi connectivity index (χ0) is 15.1. The molecule has 1 aliphatic heterocycles. The van der Waals surface area contributed by atoms with Crippen molar-refractivity contribution in [1.82, 2.24) is 25.1 Å². The lowest BCUT2D eigenvalue weighted by Crippen LogP contribution is -2.52. The normalized spacial score (nSPS) is 15.9. The topological polar surface area (TPSA) is 102 Å². The van der Waals surface area contributed by atoms with Crippen LogP contribution in [-0.2, 0) is 11.2 Å². The van der Waals surface area contributed by atoms with E-state index in [0.29, 0.717) is 26.2 Å². The van der Waals surface area contributed by atoms with E-state index >= 15 is 0 Å². The number of piperazine rings is 1. The van der Waals surface area contributed by atoms with E-state index in [9.17, 15) is 9.59 Å². The van der Waals surface area contributed by atoms with Gasteiger partial charge in [-0.15, -0.1) is 0 Å². The number of carbonyl (C=O) groups is 2. The third-order valence-corrected chi connectivity index (χ3v) is 3.53. The zero-order valence-electron chi connectivity index (χ0n) is 11.9. The number of nitrogens with zero attached hydrogens (tertiary/aromatic N) is 3. The van der Waals surface area contributed by atoms with Gasteiger partial charge in [0.05, 0.1) is 12.7 Å². The maximum Gasteiger partial charge on any atom is 0.317 e. The number of urea groups is 1. The number of carboxylic acid groups (broad SMARTS) is 1. The van der Waals surface area contributed by atoms with Crippen molar-refractivity contribution >= 4 is 12.0 Å². The highest BCUT2D eigenvalue weighted by atomic mass is 16.4. The maximum absolute atomic E-state index is 12.0. The van der Waals surface area contributed by atoms with Crippen LogP contribution in [0, 0.1) is 0 Å². The van der Waals surface area contributed by atoms with Gasteiger partial charge in [-0.2, -0.15) is 0 Å². The Hall–Kier alpha value is -2.09. The van der Waals surface area contributed by atoms with Crippen molar-refractivity contribution in [2.75, 3.05) is 39.3 Å². The summed E-state index contributed by atoms with van der Waals surface area (Å²) in [5.41, 5.74) is 0.994. The van der Waals surface area contributed by atoms with Crippen LogP contribution < -0.4 is 5.32 Å². The number of H-pyrrole nitrogens is 1. The standard InChI is InChI=1S/C13H21N5O3/c19-12(20)2-4-17-5-7-18(8-6-17)13(21)15-3-1-11-9-14-10-16-11/h9-10H,1-8H2,(H,14,16)(H,15,21)(H,19,20). The van der Waals surface area contributed by atoms with Crippen molar-refractivity contribution in [3.8, 4) is 0 Å². The minimum atomic E-state index is -0.783. The molecule has 1 aromatic heterocycles. The summed E-state index contributed by atoms with van der Waals surface area (Å²) in [6.45, 7) is 3.83. The maximum atomic E-state index is 12.0. The average Bonchev–Trinajstić information content (AvgIpc) is 2.99. The zero-order valence-corrected chi connectivity index (χ0v) is 11.9. The van der Waals surface area contributed by atoms with Gasteiger partial charge in [-0.3, -0.25) is 9.69 Å². The lowest BCUT2D eigenvalue weighted by atomic mass is 10.3. The van der Waals surface area contributed by atoms with Gasteiger partial charge in [-0.05, 0) is 0 Å². The molecule has 1 saturated heterocycles.